The number of pyridine rings is 1. The standard InChI is InChI=1S/C10H13N3O3/c14-13(15)10-4-3-8(6-12-10)11-7-9-2-1-5-16-9/h3-4,6,9,11H,1-2,5,7H2. The lowest BCUT2D eigenvalue weighted by atomic mass is 10.2. The van der Waals surface area contributed by atoms with Crippen LogP contribution in [0, 0.1) is 10.1 Å². The van der Waals surface area contributed by atoms with Crippen LogP contribution in [0.5, 0.6) is 0 Å². The molecule has 16 heavy (non-hydrogen) atoms. The van der Waals surface area contributed by atoms with Crippen molar-refractivity contribution in [2.24, 2.45) is 0 Å². The normalized spacial score (nSPS) is 19.6. The molecule has 1 unspecified atom stereocenters. The minimum atomic E-state index is -0.510. The highest BCUT2D eigenvalue weighted by Gasteiger charge is 2.15. The average molecular weight is 223 g/mol. The molecule has 1 aromatic rings. The van der Waals surface area contributed by atoms with E-state index in [1.165, 1.54) is 12.3 Å². The molecule has 2 rings (SSSR count). The lowest BCUT2D eigenvalue weighted by Crippen LogP contribution is -2.18. The topological polar surface area (TPSA) is 77.3 Å². The minimum absolute atomic E-state index is 0.136. The van der Waals surface area contributed by atoms with Gasteiger partial charge in [0.25, 0.3) is 0 Å². The highest BCUT2D eigenvalue weighted by atomic mass is 16.6. The van der Waals surface area contributed by atoms with E-state index in [4.69, 9.17) is 4.74 Å². The summed E-state index contributed by atoms with van der Waals surface area (Å²) in [6.07, 6.45) is 3.88. The highest BCUT2D eigenvalue weighted by Crippen LogP contribution is 2.15. The van der Waals surface area contributed by atoms with Crippen LogP contribution in [-0.2, 0) is 4.74 Å². The summed E-state index contributed by atoms with van der Waals surface area (Å²) in [5.74, 6) is -0.136. The molecule has 0 radical (unpaired) electrons. The van der Waals surface area contributed by atoms with E-state index in [9.17, 15) is 10.1 Å². The molecule has 1 atom stereocenters. The second-order valence-corrected chi connectivity index (χ2v) is 3.68. The maximum atomic E-state index is 10.4. The fourth-order valence-corrected chi connectivity index (χ4v) is 1.64. The molecule has 0 aliphatic carbocycles. The molecular formula is C10H13N3O3. The first-order chi connectivity index (χ1) is 7.75. The van der Waals surface area contributed by atoms with Crippen molar-refractivity contribution in [3.05, 3.63) is 28.4 Å². The smallest absolute Gasteiger partial charge is 0.363 e. The van der Waals surface area contributed by atoms with E-state index in [0.29, 0.717) is 0 Å². The Hall–Kier alpha value is -1.69. The Morgan fingerprint density at radius 1 is 1.62 bits per heavy atom. The number of hydrogen-bond acceptors (Lipinski definition) is 5. The molecule has 1 N–H and O–H groups in total. The second-order valence-electron chi connectivity index (χ2n) is 3.68. The Bertz CT molecular complexity index is 360. The van der Waals surface area contributed by atoms with Crippen LogP contribution in [0.1, 0.15) is 12.8 Å². The Morgan fingerprint density at radius 3 is 3.06 bits per heavy atom. The van der Waals surface area contributed by atoms with Gasteiger partial charge in [-0.1, -0.05) is 0 Å². The number of anilines is 1. The van der Waals surface area contributed by atoms with Gasteiger partial charge in [-0.3, -0.25) is 0 Å². The molecule has 1 aromatic heterocycles. The van der Waals surface area contributed by atoms with E-state index in [1.807, 2.05) is 0 Å². The summed E-state index contributed by atoms with van der Waals surface area (Å²) in [7, 11) is 0. The van der Waals surface area contributed by atoms with Gasteiger partial charge in [0, 0.05) is 19.2 Å². The van der Waals surface area contributed by atoms with E-state index in [0.717, 1.165) is 31.7 Å². The van der Waals surface area contributed by atoms with Crippen LogP contribution in [0.3, 0.4) is 0 Å². The van der Waals surface area contributed by atoms with Crippen LogP contribution in [0.2, 0.25) is 0 Å². The van der Waals surface area contributed by atoms with Crippen molar-refractivity contribution in [1.29, 1.82) is 0 Å². The van der Waals surface area contributed by atoms with Crippen LogP contribution < -0.4 is 5.32 Å². The Labute approximate surface area is 92.8 Å². The van der Waals surface area contributed by atoms with Crippen molar-refractivity contribution in [2.45, 2.75) is 18.9 Å². The van der Waals surface area contributed by atoms with Crippen LogP contribution in [0.25, 0.3) is 0 Å². The third-order valence-electron chi connectivity index (χ3n) is 2.49. The van der Waals surface area contributed by atoms with Crippen LogP contribution in [0.15, 0.2) is 18.3 Å². The maximum Gasteiger partial charge on any atom is 0.363 e. The number of hydrogen-bond donors (Lipinski definition) is 1. The number of nitrogens with one attached hydrogen (secondary N) is 1. The first-order valence-corrected chi connectivity index (χ1v) is 5.21. The SMILES string of the molecule is O=[N+]([O-])c1ccc(NCC2CCCO2)cn1. The summed E-state index contributed by atoms with van der Waals surface area (Å²) in [5.41, 5.74) is 0.779. The van der Waals surface area contributed by atoms with Gasteiger partial charge in [-0.15, -0.1) is 0 Å². The van der Waals surface area contributed by atoms with Gasteiger partial charge in [0.1, 0.15) is 0 Å². The summed E-state index contributed by atoms with van der Waals surface area (Å²) in [6, 6.07) is 3.04. The maximum absolute atomic E-state index is 10.4. The van der Waals surface area contributed by atoms with Gasteiger partial charge < -0.3 is 20.2 Å². The molecule has 2 heterocycles. The zero-order valence-electron chi connectivity index (χ0n) is 8.76. The van der Waals surface area contributed by atoms with Crippen LogP contribution in [-0.4, -0.2) is 29.2 Å². The van der Waals surface area contributed by atoms with Crippen molar-refractivity contribution in [3.63, 3.8) is 0 Å². The summed E-state index contributed by atoms with van der Waals surface area (Å²) < 4.78 is 5.45. The van der Waals surface area contributed by atoms with Gasteiger partial charge in [0.05, 0.1) is 11.8 Å². The zero-order chi connectivity index (χ0) is 11.4. The van der Waals surface area contributed by atoms with E-state index in [2.05, 4.69) is 10.3 Å². The lowest BCUT2D eigenvalue weighted by molar-refractivity contribution is -0.389. The summed E-state index contributed by atoms with van der Waals surface area (Å²) >= 11 is 0. The molecule has 1 aliphatic rings. The van der Waals surface area contributed by atoms with Gasteiger partial charge in [0.2, 0.25) is 0 Å². The second kappa shape index (κ2) is 4.89. The van der Waals surface area contributed by atoms with Crippen molar-refractivity contribution in [1.82, 2.24) is 4.98 Å². The molecular weight excluding hydrogens is 210 g/mol. The third kappa shape index (κ3) is 2.66. The van der Waals surface area contributed by atoms with Gasteiger partial charge in [-0.2, -0.15) is 0 Å². The molecule has 0 spiro atoms. The fourth-order valence-electron chi connectivity index (χ4n) is 1.64. The van der Waals surface area contributed by atoms with E-state index >= 15 is 0 Å². The van der Waals surface area contributed by atoms with E-state index < -0.39 is 4.92 Å². The van der Waals surface area contributed by atoms with Gasteiger partial charge in [-0.05, 0) is 28.8 Å². The monoisotopic (exact) mass is 223 g/mol. The fraction of sp³-hybridized carbons (Fsp3) is 0.500. The van der Waals surface area contributed by atoms with Crippen LogP contribution in [0.4, 0.5) is 11.5 Å². The zero-order valence-corrected chi connectivity index (χ0v) is 8.76. The molecule has 0 saturated carbocycles. The van der Waals surface area contributed by atoms with Crippen molar-refractivity contribution in [2.75, 3.05) is 18.5 Å². The van der Waals surface area contributed by atoms with Gasteiger partial charge in [-0.25, -0.2) is 0 Å². The van der Waals surface area contributed by atoms with Crippen molar-refractivity contribution < 1.29 is 9.66 Å². The van der Waals surface area contributed by atoms with Crippen molar-refractivity contribution in [3.8, 4) is 0 Å². The van der Waals surface area contributed by atoms with E-state index in [-0.39, 0.29) is 11.9 Å². The van der Waals surface area contributed by atoms with Gasteiger partial charge in [0.15, 0.2) is 6.20 Å². The minimum Gasteiger partial charge on any atom is -0.379 e. The number of ether oxygens (including phenoxy) is 1. The number of nitrogens with zero attached hydrogens (tertiary/aromatic N) is 2. The third-order valence-corrected chi connectivity index (χ3v) is 2.49. The molecule has 0 bridgehead atoms. The lowest BCUT2D eigenvalue weighted by Gasteiger charge is -2.10. The predicted octanol–water partition coefficient (Wildman–Crippen LogP) is 1.58. The highest BCUT2D eigenvalue weighted by molar-refractivity contribution is 5.43. The Balaban J connectivity index is 1.87. The molecule has 6 heteroatoms. The van der Waals surface area contributed by atoms with Crippen molar-refractivity contribution >= 4 is 11.5 Å². The molecule has 0 aromatic carbocycles. The van der Waals surface area contributed by atoms with E-state index in [1.54, 1.807) is 6.07 Å². The molecule has 1 aliphatic heterocycles. The first-order valence-electron chi connectivity index (χ1n) is 5.21. The first kappa shape index (κ1) is 10.8. The Morgan fingerprint density at radius 2 is 2.50 bits per heavy atom. The largest absolute Gasteiger partial charge is 0.379 e. The molecule has 0 amide bonds. The molecule has 6 nitrogen and oxygen atoms in total. The Kier molecular flexibility index (Phi) is 3.31. The number of nitro groups is 1. The quantitative estimate of drug-likeness (QED) is 0.619. The summed E-state index contributed by atoms with van der Waals surface area (Å²) in [4.78, 5) is 13.6. The van der Waals surface area contributed by atoms with Gasteiger partial charge >= 0.3 is 5.82 Å². The average Bonchev–Trinajstić information content (AvgIpc) is 2.80. The molecule has 1 saturated heterocycles. The van der Waals surface area contributed by atoms with Crippen LogP contribution >= 0.6 is 0 Å². The number of aromatic nitrogens is 1. The number of rotatable bonds is 4. The molecule has 1 fully saturated rings. The molecule has 86 valence electrons. The summed E-state index contributed by atoms with van der Waals surface area (Å²) in [5, 5.41) is 13.5. The predicted molar refractivity (Wildman–Crippen MR) is 58.4 cm³/mol. The summed E-state index contributed by atoms with van der Waals surface area (Å²) in [6.45, 7) is 1.55.